The molecule has 3 rings (SSSR count). The van der Waals surface area contributed by atoms with E-state index in [1.165, 1.54) is 24.3 Å². The fraction of sp³-hybridized carbons (Fsp3) is 0. The number of carbonyl (C=O) groups is 2. The molecule has 16 nitrogen and oxygen atoms in total. The predicted molar refractivity (Wildman–Crippen MR) is 122 cm³/mol. The number of rotatable bonds is 8. The van der Waals surface area contributed by atoms with Crippen LogP contribution in [0.5, 0.6) is 0 Å². The lowest BCUT2D eigenvalue weighted by atomic mass is 10.1. The lowest BCUT2D eigenvalue weighted by Crippen LogP contribution is -2.14. The van der Waals surface area contributed by atoms with Crippen LogP contribution in [-0.2, 0) is 0 Å². The zero-order valence-corrected chi connectivity index (χ0v) is 17.6. The maximum Gasteiger partial charge on any atom is 0.277 e. The van der Waals surface area contributed by atoms with Crippen molar-refractivity contribution >= 4 is 45.9 Å². The Balaban J connectivity index is 1.83. The minimum atomic E-state index is -0.917. The Hall–Kier alpha value is -5.80. The molecule has 0 aromatic heterocycles. The van der Waals surface area contributed by atoms with Crippen LogP contribution < -0.4 is 10.6 Å². The highest BCUT2D eigenvalue weighted by molar-refractivity contribution is 6.07. The third kappa shape index (κ3) is 5.76. The summed E-state index contributed by atoms with van der Waals surface area (Å²) in [6.07, 6.45) is 0. The Labute approximate surface area is 198 Å². The van der Waals surface area contributed by atoms with Crippen LogP contribution in [-0.4, -0.2) is 31.5 Å². The van der Waals surface area contributed by atoms with E-state index in [0.29, 0.717) is 12.1 Å². The first-order valence-corrected chi connectivity index (χ1v) is 9.55. The van der Waals surface area contributed by atoms with E-state index in [-0.39, 0.29) is 22.5 Å². The molecule has 0 aliphatic rings. The first-order chi connectivity index (χ1) is 16.9. The molecule has 3 aromatic carbocycles. The Bertz CT molecular complexity index is 1290. The van der Waals surface area contributed by atoms with Gasteiger partial charge in [-0.15, -0.1) is 0 Å². The maximum absolute atomic E-state index is 12.6. The van der Waals surface area contributed by atoms with Gasteiger partial charge in [-0.05, 0) is 18.2 Å². The number of carbonyl (C=O) groups excluding carboxylic acids is 2. The van der Waals surface area contributed by atoms with Gasteiger partial charge in [-0.25, -0.2) is 0 Å². The molecule has 0 fully saturated rings. The molecule has 0 bridgehead atoms. The molecule has 16 heteroatoms. The molecule has 0 saturated carbocycles. The second kappa shape index (κ2) is 10.00. The summed E-state index contributed by atoms with van der Waals surface area (Å²) in [4.78, 5) is 65.6. The van der Waals surface area contributed by atoms with Gasteiger partial charge >= 0.3 is 0 Å². The second-order valence-corrected chi connectivity index (χ2v) is 6.99. The fourth-order valence-electron chi connectivity index (χ4n) is 2.96. The van der Waals surface area contributed by atoms with Crippen molar-refractivity contribution in [1.82, 2.24) is 0 Å². The van der Waals surface area contributed by atoms with Crippen LogP contribution in [0.2, 0.25) is 0 Å². The summed E-state index contributed by atoms with van der Waals surface area (Å²) in [5.74, 6) is -1.83. The highest BCUT2D eigenvalue weighted by Gasteiger charge is 2.21. The summed E-state index contributed by atoms with van der Waals surface area (Å²) in [5.41, 5.74) is -3.23. The number of hydrogen-bond acceptors (Lipinski definition) is 10. The van der Waals surface area contributed by atoms with E-state index in [1.807, 2.05) is 0 Å². The van der Waals surface area contributed by atoms with E-state index in [2.05, 4.69) is 10.6 Å². The van der Waals surface area contributed by atoms with Crippen LogP contribution in [0.25, 0.3) is 0 Å². The van der Waals surface area contributed by atoms with Crippen molar-refractivity contribution in [3.63, 3.8) is 0 Å². The average Bonchev–Trinajstić information content (AvgIpc) is 2.83. The van der Waals surface area contributed by atoms with Gasteiger partial charge in [-0.1, -0.05) is 6.07 Å². The highest BCUT2D eigenvalue weighted by atomic mass is 16.6. The van der Waals surface area contributed by atoms with Gasteiger partial charge < -0.3 is 10.6 Å². The van der Waals surface area contributed by atoms with E-state index < -0.39 is 54.3 Å². The first kappa shape index (κ1) is 24.8. The number of nitrogens with zero attached hydrogens (tertiary/aromatic N) is 4. The Morgan fingerprint density at radius 2 is 0.833 bits per heavy atom. The highest BCUT2D eigenvalue weighted by Crippen LogP contribution is 2.26. The molecule has 0 unspecified atom stereocenters. The molecule has 2 N–H and O–H groups in total. The van der Waals surface area contributed by atoms with Crippen LogP contribution in [0, 0.1) is 40.5 Å². The van der Waals surface area contributed by atoms with Gasteiger partial charge in [0.2, 0.25) is 0 Å². The first-order valence-electron chi connectivity index (χ1n) is 9.55. The topological polar surface area (TPSA) is 231 Å². The normalized spacial score (nSPS) is 10.2. The molecule has 3 aromatic rings. The van der Waals surface area contributed by atoms with Crippen molar-refractivity contribution in [2.45, 2.75) is 0 Å². The third-order valence-corrected chi connectivity index (χ3v) is 4.55. The number of hydrogen-bond donors (Lipinski definition) is 2. The lowest BCUT2D eigenvalue weighted by molar-refractivity contribution is -0.394. The van der Waals surface area contributed by atoms with E-state index in [9.17, 15) is 50.0 Å². The summed E-state index contributed by atoms with van der Waals surface area (Å²) >= 11 is 0. The number of nitro groups is 4. The number of anilines is 2. The van der Waals surface area contributed by atoms with Crippen molar-refractivity contribution in [1.29, 1.82) is 0 Å². The number of non-ortho nitro benzene ring substituents is 4. The number of benzene rings is 3. The van der Waals surface area contributed by atoms with Crippen molar-refractivity contribution < 1.29 is 29.3 Å². The van der Waals surface area contributed by atoms with Gasteiger partial charge in [0.15, 0.2) is 0 Å². The van der Waals surface area contributed by atoms with Gasteiger partial charge in [-0.3, -0.25) is 50.0 Å². The molecule has 182 valence electrons. The minimum Gasteiger partial charge on any atom is -0.322 e. The molecule has 0 radical (unpaired) electrons. The van der Waals surface area contributed by atoms with Crippen LogP contribution in [0.1, 0.15) is 20.7 Å². The van der Waals surface area contributed by atoms with Crippen LogP contribution in [0.4, 0.5) is 34.1 Å². The summed E-state index contributed by atoms with van der Waals surface area (Å²) in [5, 5.41) is 48.9. The molecule has 0 spiro atoms. The standard InChI is InChI=1S/C20H12N6O10/c27-19(11-4-15(23(29)30)9-16(5-11)24(31)32)21-13-2-1-3-14(8-13)22-20(28)12-6-17(25(33)34)10-18(7-12)26(35)36/h1-10H,(H,21,27)(H,22,28). The van der Waals surface area contributed by atoms with Crippen molar-refractivity contribution in [2.24, 2.45) is 0 Å². The maximum atomic E-state index is 12.6. The predicted octanol–water partition coefficient (Wildman–Crippen LogP) is 3.82. The number of amides is 2. The van der Waals surface area contributed by atoms with Gasteiger partial charge in [0.25, 0.3) is 34.6 Å². The SMILES string of the molecule is O=C(Nc1cccc(NC(=O)c2cc([N+](=O)[O-])cc([N+](=O)[O-])c2)c1)c1cc([N+](=O)[O-])cc([N+](=O)[O-])c1. The number of nitrogens with one attached hydrogen (secondary N) is 2. The third-order valence-electron chi connectivity index (χ3n) is 4.55. The molecule has 0 aliphatic carbocycles. The van der Waals surface area contributed by atoms with Crippen LogP contribution >= 0.6 is 0 Å². The molecule has 0 aliphatic heterocycles. The minimum absolute atomic E-state index is 0.0805. The molecular formula is C20H12N6O10. The number of nitro benzene ring substituents is 4. The summed E-state index contributed by atoms with van der Waals surface area (Å²) in [6.45, 7) is 0. The summed E-state index contributed by atoms with van der Waals surface area (Å²) in [6, 6.07) is 10.2. The monoisotopic (exact) mass is 496 g/mol. The van der Waals surface area contributed by atoms with Crippen LogP contribution in [0.15, 0.2) is 60.7 Å². The molecule has 36 heavy (non-hydrogen) atoms. The van der Waals surface area contributed by atoms with E-state index >= 15 is 0 Å². The van der Waals surface area contributed by atoms with Gasteiger partial charge in [-0.2, -0.15) is 0 Å². The van der Waals surface area contributed by atoms with E-state index in [0.717, 1.165) is 24.3 Å². The van der Waals surface area contributed by atoms with Crippen LogP contribution in [0.3, 0.4) is 0 Å². The summed E-state index contributed by atoms with van der Waals surface area (Å²) in [7, 11) is 0. The van der Waals surface area contributed by atoms with Crippen molar-refractivity contribution in [3.05, 3.63) is 112 Å². The van der Waals surface area contributed by atoms with E-state index in [1.54, 1.807) is 0 Å². The summed E-state index contributed by atoms with van der Waals surface area (Å²) < 4.78 is 0. The van der Waals surface area contributed by atoms with Crippen molar-refractivity contribution in [2.75, 3.05) is 10.6 Å². The zero-order valence-electron chi connectivity index (χ0n) is 17.6. The molecule has 0 saturated heterocycles. The average molecular weight is 496 g/mol. The van der Waals surface area contributed by atoms with Gasteiger partial charge in [0.05, 0.1) is 43.0 Å². The zero-order chi connectivity index (χ0) is 26.6. The molecule has 0 atom stereocenters. The quantitative estimate of drug-likeness (QED) is 0.338. The molecule has 0 heterocycles. The fourth-order valence-corrected chi connectivity index (χ4v) is 2.96. The Morgan fingerprint density at radius 1 is 0.528 bits per heavy atom. The van der Waals surface area contributed by atoms with Gasteiger partial charge in [0.1, 0.15) is 0 Å². The Morgan fingerprint density at radius 3 is 1.11 bits per heavy atom. The van der Waals surface area contributed by atoms with Crippen molar-refractivity contribution in [3.8, 4) is 0 Å². The van der Waals surface area contributed by atoms with E-state index in [4.69, 9.17) is 0 Å². The largest absolute Gasteiger partial charge is 0.322 e. The second-order valence-electron chi connectivity index (χ2n) is 6.99. The Kier molecular flexibility index (Phi) is 6.90. The van der Waals surface area contributed by atoms with Gasteiger partial charge in [0, 0.05) is 35.6 Å². The smallest absolute Gasteiger partial charge is 0.277 e. The molecule has 2 amide bonds. The lowest BCUT2D eigenvalue weighted by Gasteiger charge is -2.09. The molecular weight excluding hydrogens is 484 g/mol.